The summed E-state index contributed by atoms with van der Waals surface area (Å²) < 4.78 is 0. The number of anilines is 2. The number of phenolic OH excluding ortho intramolecular Hbond substituents is 1. The number of nitrogens with one attached hydrogen (secondary N) is 1. The van der Waals surface area contributed by atoms with Gasteiger partial charge in [-0.15, -0.1) is 0 Å². The average Bonchev–Trinajstić information content (AvgIpc) is 2.68. The van der Waals surface area contributed by atoms with Crippen LogP contribution < -0.4 is 10.2 Å². The first-order valence-electron chi connectivity index (χ1n) is 9.93. The number of benzene rings is 2. The Hall–Kier alpha value is -2.53. The number of hydrogen-bond acceptors (Lipinski definition) is 4. The Bertz CT molecular complexity index is 786. The molecule has 1 saturated heterocycles. The van der Waals surface area contributed by atoms with Crippen LogP contribution in [-0.4, -0.2) is 48.1 Å². The summed E-state index contributed by atoms with van der Waals surface area (Å²) >= 11 is 0. The lowest BCUT2D eigenvalue weighted by atomic mass is 9.87. The van der Waals surface area contributed by atoms with Crippen molar-refractivity contribution in [1.29, 1.82) is 0 Å². The Kier molecular flexibility index (Phi) is 5.94. The molecule has 5 heteroatoms. The molecule has 2 aromatic carbocycles. The predicted octanol–water partition coefficient (Wildman–Crippen LogP) is 3.84. The van der Waals surface area contributed by atoms with Crippen LogP contribution in [0.15, 0.2) is 48.5 Å². The summed E-state index contributed by atoms with van der Waals surface area (Å²) in [7, 11) is 0. The molecule has 1 fully saturated rings. The van der Waals surface area contributed by atoms with Gasteiger partial charge in [0.15, 0.2) is 0 Å². The molecule has 0 spiro atoms. The van der Waals surface area contributed by atoms with Crippen LogP contribution in [0.1, 0.15) is 33.3 Å². The van der Waals surface area contributed by atoms with Crippen molar-refractivity contribution in [2.45, 2.75) is 39.2 Å². The van der Waals surface area contributed by atoms with Crippen molar-refractivity contribution in [2.24, 2.45) is 0 Å². The van der Waals surface area contributed by atoms with Crippen LogP contribution in [0.4, 0.5) is 11.4 Å². The molecule has 1 amide bonds. The second-order valence-electron chi connectivity index (χ2n) is 8.53. The van der Waals surface area contributed by atoms with Crippen molar-refractivity contribution in [3.05, 3.63) is 54.1 Å². The monoisotopic (exact) mass is 381 g/mol. The second kappa shape index (κ2) is 8.23. The van der Waals surface area contributed by atoms with Gasteiger partial charge in [0.05, 0.1) is 6.04 Å². The van der Waals surface area contributed by atoms with E-state index in [1.54, 1.807) is 12.1 Å². The number of hydrogen-bond donors (Lipinski definition) is 2. The topological polar surface area (TPSA) is 55.8 Å². The van der Waals surface area contributed by atoms with Gasteiger partial charge in [-0.2, -0.15) is 0 Å². The molecule has 1 heterocycles. The molecule has 2 N–H and O–H groups in total. The highest BCUT2D eigenvalue weighted by Gasteiger charge is 2.26. The fraction of sp³-hybridized carbons (Fsp3) is 0.435. The van der Waals surface area contributed by atoms with Crippen molar-refractivity contribution < 1.29 is 9.90 Å². The zero-order chi connectivity index (χ0) is 20.3. The third kappa shape index (κ3) is 4.84. The minimum Gasteiger partial charge on any atom is -0.508 e. The van der Waals surface area contributed by atoms with Crippen LogP contribution in [0.2, 0.25) is 0 Å². The van der Waals surface area contributed by atoms with Gasteiger partial charge < -0.3 is 15.3 Å². The first-order valence-corrected chi connectivity index (χ1v) is 9.93. The van der Waals surface area contributed by atoms with Crippen molar-refractivity contribution >= 4 is 17.3 Å². The number of phenols is 1. The van der Waals surface area contributed by atoms with E-state index in [1.165, 1.54) is 5.56 Å². The molecule has 5 nitrogen and oxygen atoms in total. The number of aromatic hydroxyl groups is 1. The van der Waals surface area contributed by atoms with Gasteiger partial charge in [0.1, 0.15) is 5.75 Å². The van der Waals surface area contributed by atoms with Crippen LogP contribution in [-0.2, 0) is 10.2 Å². The third-order valence-electron chi connectivity index (χ3n) is 5.47. The van der Waals surface area contributed by atoms with E-state index in [4.69, 9.17) is 0 Å². The normalized spacial score (nSPS) is 16.6. The summed E-state index contributed by atoms with van der Waals surface area (Å²) in [5.41, 5.74) is 3.30. The lowest BCUT2D eigenvalue weighted by Crippen LogP contribution is -2.52. The molecule has 28 heavy (non-hydrogen) atoms. The molecule has 1 aliphatic heterocycles. The highest BCUT2D eigenvalue weighted by Crippen LogP contribution is 2.24. The summed E-state index contributed by atoms with van der Waals surface area (Å²) in [4.78, 5) is 17.2. The van der Waals surface area contributed by atoms with Gasteiger partial charge in [0.2, 0.25) is 5.91 Å². The van der Waals surface area contributed by atoms with Gasteiger partial charge in [-0.1, -0.05) is 32.9 Å². The Morgan fingerprint density at radius 3 is 2.07 bits per heavy atom. The number of nitrogens with zero attached hydrogens (tertiary/aromatic N) is 2. The summed E-state index contributed by atoms with van der Waals surface area (Å²) in [6.45, 7) is 11.9. The molecular formula is C23H31N3O2. The first kappa shape index (κ1) is 20.2. The van der Waals surface area contributed by atoms with Crippen molar-refractivity contribution in [2.75, 3.05) is 36.4 Å². The fourth-order valence-electron chi connectivity index (χ4n) is 3.50. The van der Waals surface area contributed by atoms with E-state index in [2.05, 4.69) is 48.0 Å². The van der Waals surface area contributed by atoms with Crippen molar-refractivity contribution in [3.8, 4) is 5.75 Å². The molecule has 0 bridgehead atoms. The predicted molar refractivity (Wildman–Crippen MR) is 115 cm³/mol. The number of piperazine rings is 1. The molecule has 3 rings (SSSR count). The largest absolute Gasteiger partial charge is 0.508 e. The Morgan fingerprint density at radius 1 is 0.964 bits per heavy atom. The third-order valence-corrected chi connectivity index (χ3v) is 5.47. The lowest BCUT2D eigenvalue weighted by Gasteiger charge is -2.38. The molecule has 0 aromatic heterocycles. The SMILES string of the molecule is CC(C(=O)Nc1ccc(C(C)(C)C)cc1)N1CCN(c2ccc(O)cc2)CC1. The van der Waals surface area contributed by atoms with Gasteiger partial charge in [-0.05, 0) is 54.3 Å². The zero-order valence-electron chi connectivity index (χ0n) is 17.3. The lowest BCUT2D eigenvalue weighted by molar-refractivity contribution is -0.120. The van der Waals surface area contributed by atoms with Crippen LogP contribution in [0.3, 0.4) is 0 Å². The van der Waals surface area contributed by atoms with Crippen LogP contribution in [0.5, 0.6) is 5.75 Å². The van der Waals surface area contributed by atoms with E-state index in [9.17, 15) is 9.90 Å². The van der Waals surface area contributed by atoms with Crippen LogP contribution in [0.25, 0.3) is 0 Å². The average molecular weight is 382 g/mol. The van der Waals surface area contributed by atoms with E-state index >= 15 is 0 Å². The molecule has 1 atom stereocenters. The van der Waals surface area contributed by atoms with Gasteiger partial charge in [-0.25, -0.2) is 0 Å². The Labute approximate surface area is 168 Å². The smallest absolute Gasteiger partial charge is 0.241 e. The molecule has 0 radical (unpaired) electrons. The molecular weight excluding hydrogens is 350 g/mol. The van der Waals surface area contributed by atoms with E-state index in [0.29, 0.717) is 0 Å². The minimum atomic E-state index is -0.177. The van der Waals surface area contributed by atoms with Crippen LogP contribution in [0, 0.1) is 0 Å². The van der Waals surface area contributed by atoms with Gasteiger partial charge >= 0.3 is 0 Å². The quantitative estimate of drug-likeness (QED) is 0.845. The summed E-state index contributed by atoms with van der Waals surface area (Å²) in [5, 5.41) is 12.5. The number of carbonyl (C=O) groups excluding carboxylic acids is 1. The molecule has 1 aliphatic rings. The fourth-order valence-corrected chi connectivity index (χ4v) is 3.50. The van der Waals surface area contributed by atoms with Gasteiger partial charge in [0.25, 0.3) is 0 Å². The number of amides is 1. The van der Waals surface area contributed by atoms with Crippen LogP contribution >= 0.6 is 0 Å². The van der Waals surface area contributed by atoms with E-state index < -0.39 is 0 Å². The summed E-state index contributed by atoms with van der Waals surface area (Å²) in [6.07, 6.45) is 0. The maximum absolute atomic E-state index is 12.7. The molecule has 2 aromatic rings. The highest BCUT2D eigenvalue weighted by molar-refractivity contribution is 5.94. The summed E-state index contributed by atoms with van der Waals surface area (Å²) in [5.74, 6) is 0.310. The first-order chi connectivity index (χ1) is 13.2. The number of rotatable bonds is 4. The van der Waals surface area contributed by atoms with Gasteiger partial charge in [0, 0.05) is 37.6 Å². The van der Waals surface area contributed by atoms with Gasteiger partial charge in [-0.3, -0.25) is 9.69 Å². The molecule has 150 valence electrons. The van der Waals surface area contributed by atoms with Crippen molar-refractivity contribution in [1.82, 2.24) is 4.90 Å². The van der Waals surface area contributed by atoms with E-state index in [0.717, 1.165) is 37.6 Å². The molecule has 1 unspecified atom stereocenters. The maximum Gasteiger partial charge on any atom is 0.241 e. The Balaban J connectivity index is 1.53. The maximum atomic E-state index is 12.7. The van der Waals surface area contributed by atoms with Crippen molar-refractivity contribution in [3.63, 3.8) is 0 Å². The van der Waals surface area contributed by atoms with E-state index in [-0.39, 0.29) is 23.1 Å². The molecule has 0 aliphatic carbocycles. The zero-order valence-corrected chi connectivity index (χ0v) is 17.3. The van der Waals surface area contributed by atoms with E-state index in [1.807, 2.05) is 31.2 Å². The second-order valence-corrected chi connectivity index (χ2v) is 8.53. The summed E-state index contributed by atoms with van der Waals surface area (Å²) in [6, 6.07) is 15.2. The minimum absolute atomic E-state index is 0.0293. The molecule has 0 saturated carbocycles. The standard InChI is InChI=1S/C23H31N3O2/c1-17(22(28)24-19-7-5-18(6-8-19)23(2,3)4)25-13-15-26(16-14-25)20-9-11-21(27)12-10-20/h5-12,17,27H,13-16H2,1-4H3,(H,24,28). The highest BCUT2D eigenvalue weighted by atomic mass is 16.3. The number of carbonyl (C=O) groups is 1. The Morgan fingerprint density at radius 2 is 1.54 bits per heavy atom.